The topological polar surface area (TPSA) is 60.5 Å². The summed E-state index contributed by atoms with van der Waals surface area (Å²) in [6.07, 6.45) is -3.83. The molecular formula is C16H14ClF3N2O3. The van der Waals surface area contributed by atoms with Gasteiger partial charge < -0.3 is 14.8 Å². The van der Waals surface area contributed by atoms with Crippen molar-refractivity contribution in [2.24, 2.45) is 0 Å². The largest absolute Gasteiger partial charge is 0.497 e. The number of amides is 1. The molecule has 0 aliphatic heterocycles. The molecule has 0 unspecified atom stereocenters. The predicted octanol–water partition coefficient (Wildman–Crippen LogP) is 3.70. The lowest BCUT2D eigenvalue weighted by atomic mass is 10.1. The molecule has 1 N–H and O–H groups in total. The first-order valence-corrected chi connectivity index (χ1v) is 7.36. The highest BCUT2D eigenvalue weighted by Crippen LogP contribution is 2.34. The van der Waals surface area contributed by atoms with Gasteiger partial charge >= 0.3 is 6.18 Å². The highest BCUT2D eigenvalue weighted by Gasteiger charge is 2.36. The molecule has 9 heteroatoms. The van der Waals surface area contributed by atoms with Gasteiger partial charge in [-0.15, -0.1) is 0 Å². The molecule has 2 aromatic rings. The Kier molecular flexibility index (Phi) is 5.73. The van der Waals surface area contributed by atoms with Crippen molar-refractivity contribution in [1.29, 1.82) is 0 Å². The molecule has 0 bridgehead atoms. The summed E-state index contributed by atoms with van der Waals surface area (Å²) in [5, 5.41) is 1.88. The van der Waals surface area contributed by atoms with Gasteiger partial charge in [0.1, 0.15) is 16.7 Å². The van der Waals surface area contributed by atoms with Gasteiger partial charge in [-0.2, -0.15) is 13.2 Å². The second-order valence-corrected chi connectivity index (χ2v) is 5.28. The maximum absolute atomic E-state index is 13.0. The van der Waals surface area contributed by atoms with Crippen molar-refractivity contribution >= 4 is 17.5 Å². The Morgan fingerprint density at radius 2 is 1.80 bits per heavy atom. The first-order valence-electron chi connectivity index (χ1n) is 6.98. The lowest BCUT2D eigenvalue weighted by Gasteiger charge is -2.14. The Hall–Kier alpha value is -2.48. The highest BCUT2D eigenvalue weighted by molar-refractivity contribution is 6.32. The number of aromatic nitrogens is 1. The Morgan fingerprint density at radius 3 is 2.32 bits per heavy atom. The van der Waals surface area contributed by atoms with Gasteiger partial charge in [-0.1, -0.05) is 11.6 Å². The summed E-state index contributed by atoms with van der Waals surface area (Å²) in [7, 11) is 2.92. The number of methoxy groups -OCH3 is 2. The molecule has 0 fully saturated rings. The van der Waals surface area contributed by atoms with Gasteiger partial charge in [0, 0.05) is 18.8 Å². The molecular weight excluding hydrogens is 361 g/mol. The molecule has 5 nitrogen and oxygen atoms in total. The molecule has 1 aromatic heterocycles. The summed E-state index contributed by atoms with van der Waals surface area (Å²) in [5.41, 5.74) is -1.28. The van der Waals surface area contributed by atoms with E-state index in [4.69, 9.17) is 21.1 Å². The van der Waals surface area contributed by atoms with Crippen LogP contribution in [0.2, 0.25) is 5.15 Å². The van der Waals surface area contributed by atoms with Crippen molar-refractivity contribution in [2.45, 2.75) is 12.7 Å². The van der Waals surface area contributed by atoms with Crippen LogP contribution in [0.4, 0.5) is 13.2 Å². The maximum Gasteiger partial charge on any atom is 0.417 e. The van der Waals surface area contributed by atoms with Crippen LogP contribution >= 0.6 is 11.6 Å². The quantitative estimate of drug-likeness (QED) is 0.811. The normalized spacial score (nSPS) is 11.1. The van der Waals surface area contributed by atoms with E-state index >= 15 is 0 Å². The molecule has 0 saturated heterocycles. The van der Waals surface area contributed by atoms with E-state index in [0.29, 0.717) is 23.1 Å². The number of alkyl halides is 3. The zero-order valence-electron chi connectivity index (χ0n) is 13.3. The molecule has 0 saturated carbocycles. The van der Waals surface area contributed by atoms with Crippen LogP contribution in [0.25, 0.3) is 0 Å². The third kappa shape index (κ3) is 4.54. The van der Waals surface area contributed by atoms with E-state index < -0.39 is 28.4 Å². The van der Waals surface area contributed by atoms with E-state index in [0.717, 1.165) is 6.20 Å². The van der Waals surface area contributed by atoms with Gasteiger partial charge in [-0.25, -0.2) is 4.98 Å². The zero-order valence-corrected chi connectivity index (χ0v) is 14.0. The van der Waals surface area contributed by atoms with Crippen molar-refractivity contribution in [3.63, 3.8) is 0 Å². The number of nitrogens with one attached hydrogen (secondary N) is 1. The van der Waals surface area contributed by atoms with Crippen LogP contribution in [-0.2, 0) is 12.7 Å². The molecule has 1 aromatic carbocycles. The Morgan fingerprint density at radius 1 is 1.20 bits per heavy atom. The summed E-state index contributed by atoms with van der Waals surface area (Å²) in [6, 6.07) is 5.58. The van der Waals surface area contributed by atoms with Gasteiger partial charge in [0.15, 0.2) is 0 Å². The fourth-order valence-electron chi connectivity index (χ4n) is 2.13. The summed E-state index contributed by atoms with van der Waals surface area (Å²) in [5.74, 6) is -0.00908. The van der Waals surface area contributed by atoms with Crippen molar-refractivity contribution in [1.82, 2.24) is 10.3 Å². The third-order valence-electron chi connectivity index (χ3n) is 3.30. The Labute approximate surface area is 146 Å². The number of carbonyl (C=O) groups is 1. The summed E-state index contributed by atoms with van der Waals surface area (Å²) < 4.78 is 49.3. The number of pyridine rings is 1. The molecule has 0 atom stereocenters. The minimum Gasteiger partial charge on any atom is -0.497 e. The smallest absolute Gasteiger partial charge is 0.417 e. The summed E-state index contributed by atoms with van der Waals surface area (Å²) in [4.78, 5) is 15.8. The summed E-state index contributed by atoms with van der Waals surface area (Å²) in [6.45, 7) is -0.0467. The van der Waals surface area contributed by atoms with Crippen molar-refractivity contribution in [3.05, 3.63) is 52.3 Å². The first-order chi connectivity index (χ1) is 11.8. The predicted molar refractivity (Wildman–Crippen MR) is 85.0 cm³/mol. The third-order valence-corrected chi connectivity index (χ3v) is 3.59. The summed E-state index contributed by atoms with van der Waals surface area (Å²) >= 11 is 5.70. The van der Waals surface area contributed by atoms with Crippen molar-refractivity contribution < 1.29 is 27.4 Å². The molecule has 0 spiro atoms. The number of nitrogens with zero attached hydrogens (tertiary/aromatic N) is 1. The second kappa shape index (κ2) is 7.60. The number of hydrogen-bond donors (Lipinski definition) is 1. The van der Waals surface area contributed by atoms with Crippen molar-refractivity contribution in [3.8, 4) is 11.5 Å². The van der Waals surface area contributed by atoms with E-state index in [2.05, 4.69) is 10.3 Å². The van der Waals surface area contributed by atoms with Gasteiger partial charge in [-0.05, 0) is 23.8 Å². The van der Waals surface area contributed by atoms with Gasteiger partial charge in [0.2, 0.25) is 0 Å². The van der Waals surface area contributed by atoms with E-state index in [1.165, 1.54) is 14.2 Å². The van der Waals surface area contributed by atoms with Crippen LogP contribution in [0.15, 0.2) is 30.5 Å². The van der Waals surface area contributed by atoms with E-state index in [9.17, 15) is 18.0 Å². The number of halogens is 4. The lowest BCUT2D eigenvalue weighted by Crippen LogP contribution is -2.26. The van der Waals surface area contributed by atoms with E-state index in [1.54, 1.807) is 18.2 Å². The van der Waals surface area contributed by atoms with Gasteiger partial charge in [0.05, 0.1) is 25.3 Å². The molecule has 25 heavy (non-hydrogen) atoms. The number of ether oxygens (including phenoxy) is 2. The minimum atomic E-state index is -4.72. The molecule has 134 valence electrons. The Bertz CT molecular complexity index is 759. The minimum absolute atomic E-state index is 0.0467. The first kappa shape index (κ1) is 18.9. The average molecular weight is 375 g/mol. The van der Waals surface area contributed by atoms with Crippen LogP contribution < -0.4 is 14.8 Å². The SMILES string of the molecule is COc1cc(CNC(=O)c2c(C(F)(F)F)ccnc2Cl)cc(OC)c1. The molecule has 1 heterocycles. The van der Waals surface area contributed by atoms with E-state index in [1.807, 2.05) is 0 Å². The Balaban J connectivity index is 2.25. The fourth-order valence-corrected chi connectivity index (χ4v) is 2.37. The van der Waals surface area contributed by atoms with E-state index in [-0.39, 0.29) is 6.54 Å². The highest BCUT2D eigenvalue weighted by atomic mass is 35.5. The average Bonchev–Trinajstić information content (AvgIpc) is 2.58. The van der Waals surface area contributed by atoms with Crippen LogP contribution in [-0.4, -0.2) is 25.1 Å². The zero-order chi connectivity index (χ0) is 18.6. The number of carbonyl (C=O) groups excluding carboxylic acids is 1. The number of benzene rings is 1. The molecule has 1 amide bonds. The van der Waals surface area contributed by atoms with Gasteiger partial charge in [0.25, 0.3) is 5.91 Å². The molecule has 2 rings (SSSR count). The van der Waals surface area contributed by atoms with Gasteiger partial charge in [-0.3, -0.25) is 4.79 Å². The molecule has 0 radical (unpaired) electrons. The molecule has 0 aliphatic carbocycles. The fraction of sp³-hybridized carbons (Fsp3) is 0.250. The maximum atomic E-state index is 13.0. The van der Waals surface area contributed by atoms with Crippen LogP contribution in [0.5, 0.6) is 11.5 Å². The van der Waals surface area contributed by atoms with Crippen LogP contribution in [0.3, 0.4) is 0 Å². The molecule has 0 aliphatic rings. The van der Waals surface area contributed by atoms with Crippen molar-refractivity contribution in [2.75, 3.05) is 14.2 Å². The van der Waals surface area contributed by atoms with Crippen LogP contribution in [0.1, 0.15) is 21.5 Å². The standard InChI is InChI=1S/C16H14ClF3N2O3/c1-24-10-5-9(6-11(7-10)25-2)8-22-15(23)13-12(16(18,19)20)3-4-21-14(13)17/h3-7H,8H2,1-2H3,(H,22,23). The number of rotatable bonds is 5. The monoisotopic (exact) mass is 374 g/mol. The second-order valence-electron chi connectivity index (χ2n) is 4.93. The van der Waals surface area contributed by atoms with Crippen LogP contribution in [0, 0.1) is 0 Å². The lowest BCUT2D eigenvalue weighted by molar-refractivity contribution is -0.138. The number of hydrogen-bond acceptors (Lipinski definition) is 4.